The minimum atomic E-state index is -0.788. The maximum Gasteiger partial charge on any atom is 0.374 e. The molecular formula is C21H22O4. The molecule has 0 saturated carbocycles. The summed E-state index contributed by atoms with van der Waals surface area (Å²) in [6, 6.07) is 18.4. The first-order chi connectivity index (χ1) is 12.2. The molecule has 0 aliphatic rings. The molecule has 0 amide bonds. The average Bonchev–Trinajstić information content (AvgIpc) is 2.67. The number of benzene rings is 2. The predicted octanol–water partition coefficient (Wildman–Crippen LogP) is 4.13. The van der Waals surface area contributed by atoms with Gasteiger partial charge in [0.1, 0.15) is 6.61 Å². The summed E-state index contributed by atoms with van der Waals surface area (Å²) < 4.78 is 5.00. The molecule has 4 heteroatoms. The zero-order valence-electron chi connectivity index (χ0n) is 14.1. The third kappa shape index (κ3) is 6.71. The number of rotatable bonds is 10. The van der Waals surface area contributed by atoms with E-state index in [-0.39, 0.29) is 18.8 Å². The lowest BCUT2D eigenvalue weighted by molar-refractivity contribution is -0.154. The monoisotopic (exact) mass is 338 g/mol. The topological polar surface area (TPSA) is 60.4 Å². The zero-order chi connectivity index (χ0) is 17.9. The van der Waals surface area contributed by atoms with Crippen molar-refractivity contribution in [2.45, 2.75) is 38.7 Å². The van der Waals surface area contributed by atoms with Gasteiger partial charge in [0, 0.05) is 18.4 Å². The Bertz CT molecular complexity index is 692. The van der Waals surface area contributed by atoms with Crippen molar-refractivity contribution in [1.29, 1.82) is 0 Å². The lowest BCUT2D eigenvalue weighted by atomic mass is 10.0. The van der Waals surface area contributed by atoms with Crippen LogP contribution in [0.25, 0.3) is 0 Å². The van der Waals surface area contributed by atoms with Gasteiger partial charge in [0.25, 0.3) is 0 Å². The van der Waals surface area contributed by atoms with Crippen molar-refractivity contribution in [3.63, 3.8) is 0 Å². The van der Waals surface area contributed by atoms with Crippen LogP contribution in [0.1, 0.15) is 48.0 Å². The number of ketones is 2. The maximum atomic E-state index is 11.9. The minimum Gasteiger partial charge on any atom is -0.455 e. The van der Waals surface area contributed by atoms with Crippen LogP contribution in [-0.4, -0.2) is 17.5 Å². The van der Waals surface area contributed by atoms with Crippen LogP contribution >= 0.6 is 0 Å². The summed E-state index contributed by atoms with van der Waals surface area (Å²) in [5.74, 6) is -1.19. The third-order valence-corrected chi connectivity index (χ3v) is 3.84. The Balaban J connectivity index is 1.58. The highest BCUT2D eigenvalue weighted by molar-refractivity contribution is 6.33. The van der Waals surface area contributed by atoms with Crippen LogP contribution in [0.2, 0.25) is 0 Å². The van der Waals surface area contributed by atoms with E-state index < -0.39 is 11.8 Å². The van der Waals surface area contributed by atoms with E-state index in [1.807, 2.05) is 48.5 Å². The molecule has 0 bridgehead atoms. The molecule has 0 radical (unpaired) electrons. The van der Waals surface area contributed by atoms with Crippen molar-refractivity contribution >= 4 is 17.5 Å². The van der Waals surface area contributed by atoms with Gasteiger partial charge in [-0.25, -0.2) is 4.79 Å². The average molecular weight is 338 g/mol. The van der Waals surface area contributed by atoms with E-state index in [2.05, 4.69) is 0 Å². The molecule has 25 heavy (non-hydrogen) atoms. The van der Waals surface area contributed by atoms with Crippen molar-refractivity contribution in [2.75, 3.05) is 0 Å². The summed E-state index contributed by atoms with van der Waals surface area (Å²) in [5, 5.41) is 0. The van der Waals surface area contributed by atoms with Gasteiger partial charge < -0.3 is 4.74 Å². The normalized spacial score (nSPS) is 10.2. The van der Waals surface area contributed by atoms with E-state index in [4.69, 9.17) is 4.74 Å². The van der Waals surface area contributed by atoms with Crippen molar-refractivity contribution < 1.29 is 19.1 Å². The molecule has 130 valence electrons. The molecule has 2 aromatic rings. The molecule has 0 aromatic heterocycles. The van der Waals surface area contributed by atoms with E-state index in [1.54, 1.807) is 12.1 Å². The van der Waals surface area contributed by atoms with Crippen molar-refractivity contribution in [1.82, 2.24) is 0 Å². The first-order valence-electron chi connectivity index (χ1n) is 8.49. The number of hydrogen-bond acceptors (Lipinski definition) is 4. The summed E-state index contributed by atoms with van der Waals surface area (Å²) in [6.45, 7) is 0.108. The Kier molecular flexibility index (Phi) is 7.57. The van der Waals surface area contributed by atoms with Gasteiger partial charge in [0.2, 0.25) is 5.78 Å². The highest BCUT2D eigenvalue weighted by Gasteiger charge is 2.15. The first kappa shape index (κ1) is 18.6. The fraction of sp³-hybridized carbons (Fsp3) is 0.286. The molecule has 4 nitrogen and oxygen atoms in total. The lowest BCUT2D eigenvalue weighted by Crippen LogP contribution is -2.17. The highest BCUT2D eigenvalue weighted by atomic mass is 16.5. The van der Waals surface area contributed by atoms with Gasteiger partial charge in [0.15, 0.2) is 5.78 Å². The van der Waals surface area contributed by atoms with Crippen molar-refractivity contribution in [3.05, 3.63) is 71.8 Å². The molecule has 0 N–H and O–H groups in total. The molecule has 2 aromatic carbocycles. The molecule has 0 saturated heterocycles. The first-order valence-corrected chi connectivity index (χ1v) is 8.49. The Hall–Kier alpha value is -2.75. The van der Waals surface area contributed by atoms with E-state index in [1.165, 1.54) is 0 Å². The SMILES string of the molecule is O=C(CCCCCC(=O)c1ccccc1)C(=O)OCc1ccccc1. The molecule has 0 unspecified atom stereocenters. The second-order valence-electron chi connectivity index (χ2n) is 5.83. The summed E-state index contributed by atoms with van der Waals surface area (Å²) in [7, 11) is 0. The quantitative estimate of drug-likeness (QED) is 0.283. The van der Waals surface area contributed by atoms with E-state index in [9.17, 15) is 14.4 Å². The van der Waals surface area contributed by atoms with Crippen LogP contribution in [-0.2, 0) is 20.9 Å². The van der Waals surface area contributed by atoms with Gasteiger partial charge in [-0.05, 0) is 18.4 Å². The van der Waals surface area contributed by atoms with Crippen LogP contribution in [0.5, 0.6) is 0 Å². The largest absolute Gasteiger partial charge is 0.455 e. The van der Waals surface area contributed by atoms with E-state index in [0.29, 0.717) is 24.8 Å². The van der Waals surface area contributed by atoms with Gasteiger partial charge in [-0.2, -0.15) is 0 Å². The van der Waals surface area contributed by atoms with Crippen LogP contribution < -0.4 is 0 Å². The molecule has 0 aliphatic heterocycles. The van der Waals surface area contributed by atoms with Crippen molar-refractivity contribution in [2.24, 2.45) is 0 Å². The fourth-order valence-electron chi connectivity index (χ4n) is 2.42. The Morgan fingerprint density at radius 1 is 0.720 bits per heavy atom. The number of Topliss-reactive ketones (excluding diaryl/α,β-unsaturated/α-hetero) is 2. The van der Waals surface area contributed by atoms with E-state index >= 15 is 0 Å². The van der Waals surface area contributed by atoms with Gasteiger partial charge in [0.05, 0.1) is 0 Å². The minimum absolute atomic E-state index is 0.106. The standard InChI is InChI=1S/C21H22O4/c22-19(18-12-6-2-7-13-18)14-8-3-9-15-20(23)21(24)25-16-17-10-4-1-5-11-17/h1-2,4-7,10-13H,3,8-9,14-16H2. The molecule has 0 spiro atoms. The Morgan fingerprint density at radius 2 is 1.32 bits per heavy atom. The van der Waals surface area contributed by atoms with Gasteiger partial charge >= 0.3 is 5.97 Å². The smallest absolute Gasteiger partial charge is 0.374 e. The molecule has 2 rings (SSSR count). The number of carbonyl (C=O) groups is 3. The summed E-state index contributed by atoms with van der Waals surface area (Å²) >= 11 is 0. The second-order valence-corrected chi connectivity index (χ2v) is 5.83. The van der Waals surface area contributed by atoms with Gasteiger partial charge in [-0.15, -0.1) is 0 Å². The molecular weight excluding hydrogens is 316 g/mol. The summed E-state index contributed by atoms with van der Waals surface area (Å²) in [5.41, 5.74) is 1.56. The summed E-state index contributed by atoms with van der Waals surface area (Å²) in [6.07, 6.45) is 2.64. The predicted molar refractivity (Wildman–Crippen MR) is 95.1 cm³/mol. The second kappa shape index (κ2) is 10.2. The Labute approximate surface area is 147 Å². The number of unbranched alkanes of at least 4 members (excludes halogenated alkanes) is 2. The maximum absolute atomic E-state index is 11.9. The van der Waals surface area contributed by atoms with Crippen LogP contribution in [0.15, 0.2) is 60.7 Å². The summed E-state index contributed by atoms with van der Waals surface area (Å²) in [4.78, 5) is 35.3. The molecule has 0 heterocycles. The number of hydrogen-bond donors (Lipinski definition) is 0. The zero-order valence-corrected chi connectivity index (χ0v) is 14.1. The Morgan fingerprint density at radius 3 is 2.00 bits per heavy atom. The molecule has 0 aliphatic carbocycles. The number of esters is 1. The van der Waals surface area contributed by atoms with E-state index in [0.717, 1.165) is 12.0 Å². The van der Waals surface area contributed by atoms with Gasteiger partial charge in [-0.1, -0.05) is 67.1 Å². The molecule has 0 fully saturated rings. The van der Waals surface area contributed by atoms with Crippen LogP contribution in [0, 0.1) is 0 Å². The van der Waals surface area contributed by atoms with Crippen molar-refractivity contribution in [3.8, 4) is 0 Å². The number of ether oxygens (including phenoxy) is 1. The number of carbonyl (C=O) groups excluding carboxylic acids is 3. The fourth-order valence-corrected chi connectivity index (χ4v) is 2.42. The third-order valence-electron chi connectivity index (χ3n) is 3.84. The highest BCUT2D eigenvalue weighted by Crippen LogP contribution is 2.10. The lowest BCUT2D eigenvalue weighted by Gasteiger charge is -2.04. The van der Waals surface area contributed by atoms with Gasteiger partial charge in [-0.3, -0.25) is 9.59 Å². The van der Waals surface area contributed by atoms with Crippen LogP contribution in [0.4, 0.5) is 0 Å². The van der Waals surface area contributed by atoms with Crippen LogP contribution in [0.3, 0.4) is 0 Å². The molecule has 0 atom stereocenters.